The fourth-order valence-corrected chi connectivity index (χ4v) is 4.38. The normalized spacial score (nSPS) is 16.9. The van der Waals surface area contributed by atoms with Gasteiger partial charge in [0.25, 0.3) is 5.56 Å². The summed E-state index contributed by atoms with van der Waals surface area (Å²) in [4.78, 5) is 19.6. The molecule has 0 aliphatic heterocycles. The number of aryl methyl sites for hydroxylation is 1. The zero-order valence-corrected chi connectivity index (χ0v) is 18.3. The van der Waals surface area contributed by atoms with Crippen molar-refractivity contribution in [1.29, 1.82) is 0 Å². The minimum absolute atomic E-state index is 0.159. The summed E-state index contributed by atoms with van der Waals surface area (Å²) in [6.07, 6.45) is 8.14. The fraction of sp³-hybridized carbons (Fsp3) is 0.727. The summed E-state index contributed by atoms with van der Waals surface area (Å²) in [5.41, 5.74) is 0.644. The third-order valence-corrected chi connectivity index (χ3v) is 5.96. The standard InChI is InChI=1S/C22H36N4O3/c1-15(2)13-26-14-24-21-19(22(26)28)18(16(3)29-21)20(27)23-11-8-12-25(4)17-9-6-5-7-10-17/h14-15,17,20,23,27H,5-13H2,1-4H3. The molecule has 0 saturated heterocycles. The van der Waals surface area contributed by atoms with Gasteiger partial charge in [-0.05, 0) is 52.2 Å². The predicted octanol–water partition coefficient (Wildman–Crippen LogP) is 3.19. The molecule has 2 heterocycles. The molecule has 1 atom stereocenters. The lowest BCUT2D eigenvalue weighted by Crippen LogP contribution is -2.35. The van der Waals surface area contributed by atoms with Crippen molar-refractivity contribution in [3.63, 3.8) is 0 Å². The van der Waals surface area contributed by atoms with Gasteiger partial charge < -0.3 is 14.4 Å². The Balaban J connectivity index is 1.63. The van der Waals surface area contributed by atoms with Crippen LogP contribution in [0.1, 0.15) is 69.9 Å². The van der Waals surface area contributed by atoms with E-state index in [0.717, 1.165) is 13.0 Å². The molecule has 0 spiro atoms. The molecule has 0 radical (unpaired) electrons. The van der Waals surface area contributed by atoms with Crippen LogP contribution in [0.4, 0.5) is 0 Å². The maximum atomic E-state index is 12.9. The highest BCUT2D eigenvalue weighted by Gasteiger charge is 2.23. The van der Waals surface area contributed by atoms with Crippen LogP contribution < -0.4 is 10.9 Å². The van der Waals surface area contributed by atoms with E-state index in [-0.39, 0.29) is 5.56 Å². The van der Waals surface area contributed by atoms with Gasteiger partial charge in [-0.1, -0.05) is 33.1 Å². The molecular weight excluding hydrogens is 368 g/mol. The molecule has 7 nitrogen and oxygen atoms in total. The maximum Gasteiger partial charge on any atom is 0.265 e. The maximum absolute atomic E-state index is 12.9. The van der Waals surface area contributed by atoms with E-state index in [4.69, 9.17) is 4.42 Å². The van der Waals surface area contributed by atoms with E-state index in [1.54, 1.807) is 11.5 Å². The largest absolute Gasteiger partial charge is 0.442 e. The number of aliphatic hydroxyl groups is 1. The predicted molar refractivity (Wildman–Crippen MR) is 115 cm³/mol. The van der Waals surface area contributed by atoms with Gasteiger partial charge in [0.05, 0.1) is 5.56 Å². The molecule has 3 rings (SSSR count). The van der Waals surface area contributed by atoms with Gasteiger partial charge >= 0.3 is 0 Å². The van der Waals surface area contributed by atoms with Crippen molar-refractivity contribution in [1.82, 2.24) is 19.8 Å². The number of fused-ring (bicyclic) bond motifs is 1. The van der Waals surface area contributed by atoms with E-state index in [1.165, 1.54) is 38.4 Å². The zero-order valence-electron chi connectivity index (χ0n) is 18.3. The summed E-state index contributed by atoms with van der Waals surface area (Å²) >= 11 is 0. The molecule has 2 N–H and O–H groups in total. The number of hydrogen-bond acceptors (Lipinski definition) is 6. The van der Waals surface area contributed by atoms with Crippen LogP contribution in [-0.2, 0) is 6.54 Å². The van der Waals surface area contributed by atoms with E-state index in [9.17, 15) is 9.90 Å². The Bertz CT molecular complexity index is 852. The van der Waals surface area contributed by atoms with Gasteiger partial charge in [0.2, 0.25) is 5.71 Å². The van der Waals surface area contributed by atoms with Gasteiger partial charge in [-0.3, -0.25) is 14.7 Å². The van der Waals surface area contributed by atoms with E-state index in [0.29, 0.717) is 47.5 Å². The van der Waals surface area contributed by atoms with Crippen molar-refractivity contribution >= 4 is 11.1 Å². The van der Waals surface area contributed by atoms with Crippen LogP contribution in [-0.4, -0.2) is 45.7 Å². The SMILES string of the molecule is Cc1oc2ncn(CC(C)C)c(=O)c2c1C(O)NCCCN(C)C1CCCCC1. The number of nitrogens with one attached hydrogen (secondary N) is 1. The molecule has 2 aromatic heterocycles. The lowest BCUT2D eigenvalue weighted by atomic mass is 9.94. The lowest BCUT2D eigenvalue weighted by Gasteiger charge is -2.31. The van der Waals surface area contributed by atoms with Gasteiger partial charge in [0.15, 0.2) is 0 Å². The quantitative estimate of drug-likeness (QED) is 0.493. The topological polar surface area (TPSA) is 83.5 Å². The first-order valence-corrected chi connectivity index (χ1v) is 11.0. The Morgan fingerprint density at radius 2 is 2.07 bits per heavy atom. The average molecular weight is 405 g/mol. The summed E-state index contributed by atoms with van der Waals surface area (Å²) in [5, 5.41) is 14.3. The van der Waals surface area contributed by atoms with Crippen molar-refractivity contribution in [2.45, 2.75) is 78.1 Å². The third-order valence-electron chi connectivity index (χ3n) is 5.96. The summed E-state index contributed by atoms with van der Waals surface area (Å²) in [5.74, 6) is 0.860. The van der Waals surface area contributed by atoms with Crippen LogP contribution in [0.15, 0.2) is 15.5 Å². The molecule has 1 aliphatic rings. The van der Waals surface area contributed by atoms with Gasteiger partial charge in [-0.15, -0.1) is 0 Å². The number of nitrogens with zero attached hydrogens (tertiary/aromatic N) is 3. The van der Waals surface area contributed by atoms with E-state index < -0.39 is 6.23 Å². The molecule has 2 aromatic rings. The van der Waals surface area contributed by atoms with E-state index in [2.05, 4.69) is 36.1 Å². The van der Waals surface area contributed by atoms with Crippen LogP contribution in [0.5, 0.6) is 0 Å². The highest BCUT2D eigenvalue weighted by molar-refractivity contribution is 5.78. The Morgan fingerprint density at radius 1 is 1.34 bits per heavy atom. The summed E-state index contributed by atoms with van der Waals surface area (Å²) in [7, 11) is 2.20. The first kappa shape index (κ1) is 22.0. The molecule has 1 fully saturated rings. The Labute approximate surface area is 173 Å². The summed E-state index contributed by atoms with van der Waals surface area (Å²) in [6, 6.07) is 0.694. The van der Waals surface area contributed by atoms with Crippen molar-refractivity contribution in [2.75, 3.05) is 20.1 Å². The molecular formula is C22H36N4O3. The Kier molecular flexibility index (Phi) is 7.49. The molecule has 29 heavy (non-hydrogen) atoms. The Hall–Kier alpha value is -1.70. The summed E-state index contributed by atoms with van der Waals surface area (Å²) in [6.45, 7) is 8.13. The molecule has 1 saturated carbocycles. The Morgan fingerprint density at radius 3 is 2.76 bits per heavy atom. The number of furan rings is 1. The molecule has 1 unspecified atom stereocenters. The minimum atomic E-state index is -0.944. The van der Waals surface area contributed by atoms with Crippen molar-refractivity contribution in [3.05, 3.63) is 28.0 Å². The average Bonchev–Trinajstić information content (AvgIpc) is 3.04. The first-order chi connectivity index (χ1) is 13.9. The summed E-state index contributed by atoms with van der Waals surface area (Å²) < 4.78 is 7.25. The molecule has 162 valence electrons. The number of rotatable bonds is 9. The smallest absolute Gasteiger partial charge is 0.265 e. The minimum Gasteiger partial charge on any atom is -0.442 e. The highest BCUT2D eigenvalue weighted by Crippen LogP contribution is 2.26. The monoisotopic (exact) mass is 404 g/mol. The van der Waals surface area contributed by atoms with Crippen LogP contribution in [0.25, 0.3) is 11.1 Å². The third kappa shape index (κ3) is 5.27. The molecule has 0 bridgehead atoms. The van der Waals surface area contributed by atoms with Crippen LogP contribution >= 0.6 is 0 Å². The van der Waals surface area contributed by atoms with E-state index >= 15 is 0 Å². The van der Waals surface area contributed by atoms with Crippen molar-refractivity contribution in [3.8, 4) is 0 Å². The second-order valence-corrected chi connectivity index (χ2v) is 8.83. The van der Waals surface area contributed by atoms with Gasteiger partial charge in [-0.25, -0.2) is 4.98 Å². The van der Waals surface area contributed by atoms with Crippen molar-refractivity contribution in [2.24, 2.45) is 5.92 Å². The van der Waals surface area contributed by atoms with Crippen LogP contribution in [0.2, 0.25) is 0 Å². The molecule has 1 aliphatic carbocycles. The number of hydrogen-bond donors (Lipinski definition) is 2. The van der Waals surface area contributed by atoms with Gasteiger partial charge in [-0.2, -0.15) is 0 Å². The second-order valence-electron chi connectivity index (χ2n) is 8.83. The fourth-order valence-electron chi connectivity index (χ4n) is 4.38. The highest BCUT2D eigenvalue weighted by atomic mass is 16.3. The van der Waals surface area contributed by atoms with Crippen LogP contribution in [0, 0.1) is 12.8 Å². The molecule has 0 aromatic carbocycles. The van der Waals surface area contributed by atoms with E-state index in [1.807, 2.05) is 0 Å². The van der Waals surface area contributed by atoms with Gasteiger partial charge in [0, 0.05) is 12.6 Å². The van der Waals surface area contributed by atoms with Crippen LogP contribution in [0.3, 0.4) is 0 Å². The molecule has 7 heteroatoms. The zero-order chi connectivity index (χ0) is 21.0. The first-order valence-electron chi connectivity index (χ1n) is 11.0. The van der Waals surface area contributed by atoms with Gasteiger partial charge in [0.1, 0.15) is 23.7 Å². The molecule has 0 amide bonds. The lowest BCUT2D eigenvalue weighted by molar-refractivity contribution is 0.133. The number of aromatic nitrogens is 2. The van der Waals surface area contributed by atoms with Crippen molar-refractivity contribution < 1.29 is 9.52 Å². The second kappa shape index (κ2) is 9.87. The number of aliphatic hydroxyl groups excluding tert-OH is 1.